The first-order chi connectivity index (χ1) is 13.6. The van der Waals surface area contributed by atoms with Gasteiger partial charge in [-0.2, -0.15) is 4.98 Å². The van der Waals surface area contributed by atoms with Crippen LogP contribution in [0.4, 0.5) is 0 Å². The van der Waals surface area contributed by atoms with Crippen LogP contribution in [0.15, 0.2) is 46.3 Å². The zero-order chi connectivity index (χ0) is 19.5. The number of carbonyl (C=O) groups excluding carboxylic acids is 1. The zero-order valence-corrected chi connectivity index (χ0v) is 16.8. The molecule has 0 unspecified atom stereocenters. The van der Waals surface area contributed by atoms with Gasteiger partial charge in [-0.15, -0.1) is 11.3 Å². The number of para-hydroxylation sites is 1. The van der Waals surface area contributed by atoms with Crippen LogP contribution in [0.5, 0.6) is 0 Å². The second kappa shape index (κ2) is 7.98. The Hall–Kier alpha value is -2.93. The molecule has 0 aliphatic carbocycles. The Bertz CT molecular complexity index is 1100. The van der Waals surface area contributed by atoms with Gasteiger partial charge in [0.05, 0.1) is 4.88 Å². The minimum atomic E-state index is -0.00577. The van der Waals surface area contributed by atoms with E-state index in [2.05, 4.69) is 58.3 Å². The van der Waals surface area contributed by atoms with Gasteiger partial charge in [0.25, 0.3) is 0 Å². The summed E-state index contributed by atoms with van der Waals surface area (Å²) in [5, 5.41) is 10.2. The predicted molar refractivity (Wildman–Crippen MR) is 110 cm³/mol. The normalized spacial score (nSPS) is 11.2. The number of thiophene rings is 1. The molecule has 0 aliphatic heterocycles. The minimum Gasteiger partial charge on any atom is -0.356 e. The van der Waals surface area contributed by atoms with E-state index in [9.17, 15) is 4.79 Å². The van der Waals surface area contributed by atoms with Crippen molar-refractivity contribution >= 4 is 28.1 Å². The van der Waals surface area contributed by atoms with Crippen molar-refractivity contribution in [3.05, 3.63) is 58.9 Å². The molecule has 0 bridgehead atoms. The van der Waals surface area contributed by atoms with Crippen molar-refractivity contribution in [2.45, 2.75) is 26.2 Å². The number of rotatable bonds is 7. The van der Waals surface area contributed by atoms with E-state index in [1.807, 2.05) is 17.5 Å². The highest BCUT2D eigenvalue weighted by atomic mass is 32.1. The first-order valence-electron chi connectivity index (χ1n) is 9.29. The maximum atomic E-state index is 12.2. The number of amides is 1. The lowest BCUT2D eigenvalue weighted by Gasteiger charge is -2.05. The summed E-state index contributed by atoms with van der Waals surface area (Å²) in [7, 11) is 2.08. The maximum absolute atomic E-state index is 12.2. The number of aryl methyl sites for hydroxylation is 2. The minimum absolute atomic E-state index is 0.00577. The molecule has 1 amide bonds. The third kappa shape index (κ3) is 3.71. The molecule has 0 spiro atoms. The van der Waals surface area contributed by atoms with Crippen molar-refractivity contribution in [1.82, 2.24) is 20.0 Å². The van der Waals surface area contributed by atoms with Crippen LogP contribution < -0.4 is 5.32 Å². The van der Waals surface area contributed by atoms with Gasteiger partial charge in [-0.1, -0.05) is 29.4 Å². The molecular weight excluding hydrogens is 372 g/mol. The van der Waals surface area contributed by atoms with Crippen molar-refractivity contribution < 1.29 is 9.32 Å². The smallest absolute Gasteiger partial charge is 0.227 e. The molecule has 144 valence electrons. The molecule has 0 aliphatic rings. The number of carbonyl (C=O) groups is 1. The number of aromatic nitrogens is 3. The van der Waals surface area contributed by atoms with Crippen LogP contribution in [-0.2, 0) is 24.7 Å². The summed E-state index contributed by atoms with van der Waals surface area (Å²) < 4.78 is 7.44. The monoisotopic (exact) mass is 394 g/mol. The topological polar surface area (TPSA) is 73.0 Å². The molecule has 3 aromatic heterocycles. The van der Waals surface area contributed by atoms with E-state index in [1.165, 1.54) is 22.2 Å². The molecule has 0 saturated heterocycles. The van der Waals surface area contributed by atoms with Gasteiger partial charge in [-0.25, -0.2) is 0 Å². The standard InChI is InChI=1S/C21H22N4O2S/c1-14-15(16-6-3-4-7-17(16)25(14)2)11-12-22-19(26)9-10-20-23-21(24-27-20)18-8-5-13-28-18/h3-8,13H,9-12H2,1-2H3,(H,22,26). The van der Waals surface area contributed by atoms with Gasteiger partial charge >= 0.3 is 0 Å². The molecule has 4 rings (SSSR count). The molecule has 4 aromatic rings. The summed E-state index contributed by atoms with van der Waals surface area (Å²) in [6, 6.07) is 12.3. The molecule has 28 heavy (non-hydrogen) atoms. The average molecular weight is 395 g/mol. The van der Waals surface area contributed by atoms with Gasteiger partial charge in [0.1, 0.15) is 0 Å². The second-order valence-electron chi connectivity index (χ2n) is 6.73. The molecule has 3 heterocycles. The molecular formula is C21H22N4O2S. The van der Waals surface area contributed by atoms with Crippen molar-refractivity contribution in [2.75, 3.05) is 6.54 Å². The van der Waals surface area contributed by atoms with Crippen LogP contribution in [0.1, 0.15) is 23.6 Å². The lowest BCUT2D eigenvalue weighted by atomic mass is 10.1. The van der Waals surface area contributed by atoms with Gasteiger partial charge in [-0.3, -0.25) is 4.79 Å². The summed E-state index contributed by atoms with van der Waals surface area (Å²) in [5.41, 5.74) is 3.75. The average Bonchev–Trinajstić information content (AvgIpc) is 3.44. The fourth-order valence-corrected chi connectivity index (χ4v) is 4.06. The van der Waals surface area contributed by atoms with Crippen molar-refractivity contribution in [1.29, 1.82) is 0 Å². The van der Waals surface area contributed by atoms with Gasteiger partial charge in [0.15, 0.2) is 0 Å². The molecule has 0 saturated carbocycles. The lowest BCUT2D eigenvalue weighted by Crippen LogP contribution is -2.26. The number of hydrogen-bond donors (Lipinski definition) is 1. The fourth-order valence-electron chi connectivity index (χ4n) is 3.41. The zero-order valence-electron chi connectivity index (χ0n) is 15.9. The molecule has 6 nitrogen and oxygen atoms in total. The Morgan fingerprint density at radius 2 is 2.07 bits per heavy atom. The van der Waals surface area contributed by atoms with Crippen LogP contribution >= 0.6 is 11.3 Å². The lowest BCUT2D eigenvalue weighted by molar-refractivity contribution is -0.121. The summed E-state index contributed by atoms with van der Waals surface area (Å²) in [6.07, 6.45) is 1.58. The highest BCUT2D eigenvalue weighted by molar-refractivity contribution is 7.13. The van der Waals surface area contributed by atoms with Crippen molar-refractivity contribution in [2.24, 2.45) is 7.05 Å². The van der Waals surface area contributed by atoms with Gasteiger partial charge in [0, 0.05) is 43.0 Å². The van der Waals surface area contributed by atoms with Gasteiger partial charge < -0.3 is 14.4 Å². The molecule has 1 aromatic carbocycles. The number of fused-ring (bicyclic) bond motifs is 1. The fraction of sp³-hybridized carbons (Fsp3) is 0.286. The van der Waals surface area contributed by atoms with Crippen LogP contribution in [-0.4, -0.2) is 27.2 Å². The second-order valence-corrected chi connectivity index (χ2v) is 7.68. The number of nitrogens with zero attached hydrogens (tertiary/aromatic N) is 3. The van der Waals surface area contributed by atoms with E-state index in [4.69, 9.17) is 4.52 Å². The number of hydrogen-bond acceptors (Lipinski definition) is 5. The molecule has 0 radical (unpaired) electrons. The summed E-state index contributed by atoms with van der Waals surface area (Å²) in [6.45, 7) is 2.73. The molecule has 0 fully saturated rings. The van der Waals surface area contributed by atoms with Crippen LogP contribution in [0, 0.1) is 6.92 Å². The highest BCUT2D eigenvalue weighted by Gasteiger charge is 2.13. The Balaban J connectivity index is 1.29. The Kier molecular flexibility index (Phi) is 5.25. The molecule has 1 N–H and O–H groups in total. The van der Waals surface area contributed by atoms with E-state index < -0.39 is 0 Å². The SMILES string of the molecule is Cc1c(CCNC(=O)CCc2nc(-c3cccs3)no2)c2ccccc2n1C. The summed E-state index contributed by atoms with van der Waals surface area (Å²) in [4.78, 5) is 17.5. The first-order valence-corrected chi connectivity index (χ1v) is 10.2. The van der Waals surface area contributed by atoms with Gasteiger partial charge in [0.2, 0.25) is 17.6 Å². The third-order valence-electron chi connectivity index (χ3n) is 5.00. The van der Waals surface area contributed by atoms with Gasteiger partial charge in [-0.05, 0) is 36.4 Å². The first kappa shape index (κ1) is 18.4. The Morgan fingerprint density at radius 1 is 1.21 bits per heavy atom. The molecule has 7 heteroatoms. The van der Waals surface area contributed by atoms with Crippen molar-refractivity contribution in [3.8, 4) is 10.7 Å². The Labute approximate surface area is 167 Å². The quantitative estimate of drug-likeness (QED) is 0.516. The summed E-state index contributed by atoms with van der Waals surface area (Å²) >= 11 is 1.56. The van der Waals surface area contributed by atoms with E-state index in [1.54, 1.807) is 11.3 Å². The van der Waals surface area contributed by atoms with Crippen LogP contribution in [0.3, 0.4) is 0 Å². The van der Waals surface area contributed by atoms with Crippen molar-refractivity contribution in [3.63, 3.8) is 0 Å². The summed E-state index contributed by atoms with van der Waals surface area (Å²) in [5.74, 6) is 1.06. The van der Waals surface area contributed by atoms with Crippen LogP contribution in [0.25, 0.3) is 21.6 Å². The predicted octanol–water partition coefficient (Wildman–Crippen LogP) is 3.89. The largest absolute Gasteiger partial charge is 0.356 e. The van der Waals surface area contributed by atoms with E-state index in [-0.39, 0.29) is 5.91 Å². The number of benzene rings is 1. The van der Waals surface area contributed by atoms with E-state index in [0.717, 1.165) is 11.3 Å². The maximum Gasteiger partial charge on any atom is 0.227 e. The molecule has 0 atom stereocenters. The highest BCUT2D eigenvalue weighted by Crippen LogP contribution is 2.25. The Morgan fingerprint density at radius 3 is 2.89 bits per heavy atom. The number of nitrogens with one attached hydrogen (secondary N) is 1. The van der Waals surface area contributed by atoms with E-state index in [0.29, 0.717) is 31.1 Å². The van der Waals surface area contributed by atoms with E-state index >= 15 is 0 Å². The third-order valence-corrected chi connectivity index (χ3v) is 5.87. The van der Waals surface area contributed by atoms with Crippen LogP contribution in [0.2, 0.25) is 0 Å².